The Bertz CT molecular complexity index is 387. The lowest BCUT2D eigenvalue weighted by molar-refractivity contribution is -0.141. The minimum absolute atomic E-state index is 0.273. The summed E-state index contributed by atoms with van der Waals surface area (Å²) in [5, 5.41) is 17.1. The van der Waals surface area contributed by atoms with E-state index in [1.807, 2.05) is 0 Å². The number of halogens is 3. The highest BCUT2D eigenvalue weighted by molar-refractivity contribution is 6.58. The van der Waals surface area contributed by atoms with Gasteiger partial charge in [-0.1, -0.05) is 0 Å². The van der Waals surface area contributed by atoms with Crippen LogP contribution in [0.2, 0.25) is 0 Å². The van der Waals surface area contributed by atoms with Gasteiger partial charge in [-0.25, -0.2) is 0 Å². The standard InChI is InChI=1S/C6H5BF3NO3/c8-6(9,10)5-1-4(12)3(2-11-5)7(13)14/h1-2,13-14H,(H,11,12). The van der Waals surface area contributed by atoms with E-state index in [0.29, 0.717) is 6.20 Å². The molecule has 1 aromatic heterocycles. The molecule has 76 valence electrons. The number of pyridine rings is 1. The second kappa shape index (κ2) is 3.47. The fourth-order valence-electron chi connectivity index (χ4n) is 0.848. The number of hydrogen-bond donors (Lipinski definition) is 3. The van der Waals surface area contributed by atoms with Gasteiger partial charge in [-0.15, -0.1) is 0 Å². The van der Waals surface area contributed by atoms with Crippen molar-refractivity contribution >= 4 is 12.6 Å². The predicted octanol–water partition coefficient (Wildman–Crippen LogP) is -0.927. The molecule has 1 heterocycles. The number of hydrogen-bond acceptors (Lipinski definition) is 3. The van der Waals surface area contributed by atoms with Crippen molar-refractivity contribution in [2.24, 2.45) is 0 Å². The molecule has 0 spiro atoms. The smallest absolute Gasteiger partial charge is 0.423 e. The zero-order chi connectivity index (χ0) is 10.9. The second-order valence-electron chi connectivity index (χ2n) is 2.54. The summed E-state index contributed by atoms with van der Waals surface area (Å²) in [5.74, 6) is 0. The molecule has 1 rings (SSSR count). The van der Waals surface area contributed by atoms with Gasteiger partial charge >= 0.3 is 13.3 Å². The van der Waals surface area contributed by atoms with Crippen LogP contribution in [0.5, 0.6) is 0 Å². The molecule has 8 heteroatoms. The monoisotopic (exact) mass is 207 g/mol. The third kappa shape index (κ3) is 2.15. The minimum atomic E-state index is -4.65. The molecule has 1 aromatic rings. The van der Waals surface area contributed by atoms with Gasteiger partial charge in [0.25, 0.3) is 0 Å². The summed E-state index contributed by atoms with van der Waals surface area (Å²) < 4.78 is 36.0. The molecule has 0 aliphatic rings. The number of H-pyrrole nitrogens is 1. The molecular weight excluding hydrogens is 202 g/mol. The van der Waals surface area contributed by atoms with E-state index in [1.54, 1.807) is 4.98 Å². The summed E-state index contributed by atoms with van der Waals surface area (Å²) in [4.78, 5) is 12.6. The third-order valence-electron chi connectivity index (χ3n) is 1.53. The Labute approximate surface area is 76.2 Å². The first-order valence-electron chi connectivity index (χ1n) is 3.48. The van der Waals surface area contributed by atoms with Crippen molar-refractivity contribution in [2.75, 3.05) is 0 Å². The molecule has 0 unspecified atom stereocenters. The molecule has 0 bridgehead atoms. The summed E-state index contributed by atoms with van der Waals surface area (Å²) >= 11 is 0. The van der Waals surface area contributed by atoms with Crippen LogP contribution in [0.15, 0.2) is 17.1 Å². The van der Waals surface area contributed by atoms with Gasteiger partial charge < -0.3 is 15.0 Å². The van der Waals surface area contributed by atoms with Crippen LogP contribution in [-0.2, 0) is 6.18 Å². The van der Waals surface area contributed by atoms with Crippen LogP contribution in [0.1, 0.15) is 5.69 Å². The lowest BCUT2D eigenvalue weighted by Crippen LogP contribution is -2.42. The van der Waals surface area contributed by atoms with E-state index in [-0.39, 0.29) is 6.07 Å². The highest BCUT2D eigenvalue weighted by Crippen LogP contribution is 2.25. The molecule has 0 saturated heterocycles. The Morgan fingerprint density at radius 1 is 1.36 bits per heavy atom. The Hall–Kier alpha value is -1.28. The van der Waals surface area contributed by atoms with E-state index >= 15 is 0 Å². The fraction of sp³-hybridized carbons (Fsp3) is 0.167. The van der Waals surface area contributed by atoms with Gasteiger partial charge in [0.2, 0.25) is 0 Å². The van der Waals surface area contributed by atoms with Crippen LogP contribution in [0.3, 0.4) is 0 Å². The van der Waals surface area contributed by atoms with Crippen LogP contribution in [0.4, 0.5) is 13.2 Å². The highest BCUT2D eigenvalue weighted by atomic mass is 19.4. The first-order valence-corrected chi connectivity index (χ1v) is 3.48. The summed E-state index contributed by atoms with van der Waals surface area (Å²) in [7, 11) is -2.08. The lowest BCUT2D eigenvalue weighted by atomic mass is 9.81. The molecule has 4 nitrogen and oxygen atoms in total. The van der Waals surface area contributed by atoms with Gasteiger partial charge in [0.1, 0.15) is 5.69 Å². The molecule has 0 atom stereocenters. The number of aromatic nitrogens is 1. The predicted molar refractivity (Wildman–Crippen MR) is 41.9 cm³/mol. The second-order valence-corrected chi connectivity index (χ2v) is 2.54. The van der Waals surface area contributed by atoms with Crippen molar-refractivity contribution < 1.29 is 23.2 Å². The maximum Gasteiger partial charge on any atom is 0.493 e. The van der Waals surface area contributed by atoms with E-state index in [2.05, 4.69) is 0 Å². The van der Waals surface area contributed by atoms with Crippen LogP contribution >= 0.6 is 0 Å². The van der Waals surface area contributed by atoms with Crippen molar-refractivity contribution in [1.82, 2.24) is 4.98 Å². The first kappa shape index (κ1) is 10.8. The van der Waals surface area contributed by atoms with Crippen molar-refractivity contribution in [3.63, 3.8) is 0 Å². The summed E-state index contributed by atoms with van der Waals surface area (Å²) in [6.07, 6.45) is -4.03. The topological polar surface area (TPSA) is 73.3 Å². The maximum atomic E-state index is 12.0. The first-order chi connectivity index (χ1) is 6.32. The average molecular weight is 207 g/mol. The fourth-order valence-corrected chi connectivity index (χ4v) is 0.848. The van der Waals surface area contributed by atoms with Gasteiger partial charge in [-0.05, 0) is 0 Å². The van der Waals surface area contributed by atoms with Crippen LogP contribution in [0, 0.1) is 0 Å². The highest BCUT2D eigenvalue weighted by Gasteiger charge is 2.32. The third-order valence-corrected chi connectivity index (χ3v) is 1.53. The summed E-state index contributed by atoms with van der Waals surface area (Å²) in [5.41, 5.74) is -2.84. The minimum Gasteiger partial charge on any atom is -0.423 e. The molecular formula is C6H5BF3NO3. The van der Waals surface area contributed by atoms with Gasteiger partial charge in [-0.3, -0.25) is 4.79 Å². The van der Waals surface area contributed by atoms with E-state index in [0.717, 1.165) is 0 Å². The van der Waals surface area contributed by atoms with Crippen molar-refractivity contribution in [1.29, 1.82) is 0 Å². The zero-order valence-corrected chi connectivity index (χ0v) is 6.67. The summed E-state index contributed by atoms with van der Waals surface area (Å²) in [6, 6.07) is 0.273. The Morgan fingerprint density at radius 3 is 2.29 bits per heavy atom. The van der Waals surface area contributed by atoms with Gasteiger partial charge in [0.15, 0.2) is 5.43 Å². The van der Waals surface area contributed by atoms with E-state index in [4.69, 9.17) is 10.0 Å². The number of nitrogens with one attached hydrogen (secondary N) is 1. The molecule has 0 aliphatic carbocycles. The number of aromatic amines is 1. The number of alkyl halides is 3. The molecule has 0 radical (unpaired) electrons. The van der Waals surface area contributed by atoms with Crippen LogP contribution in [0.25, 0.3) is 0 Å². The average Bonchev–Trinajstić information content (AvgIpc) is 2.01. The largest absolute Gasteiger partial charge is 0.493 e. The quantitative estimate of drug-likeness (QED) is 0.521. The maximum absolute atomic E-state index is 12.0. The SMILES string of the molecule is O=c1cc(C(F)(F)F)[nH]cc1B(O)O. The summed E-state index contributed by atoms with van der Waals surface area (Å²) in [6.45, 7) is 0. The van der Waals surface area contributed by atoms with E-state index in [1.165, 1.54) is 0 Å². The van der Waals surface area contributed by atoms with Gasteiger partial charge in [-0.2, -0.15) is 13.2 Å². The Balaban J connectivity index is 3.21. The normalized spacial score (nSPS) is 11.5. The van der Waals surface area contributed by atoms with Crippen molar-refractivity contribution in [3.05, 3.63) is 28.2 Å². The van der Waals surface area contributed by atoms with E-state index in [9.17, 15) is 18.0 Å². The molecule has 0 saturated carbocycles. The molecule has 0 fully saturated rings. The Morgan fingerprint density at radius 2 is 1.93 bits per heavy atom. The lowest BCUT2D eigenvalue weighted by Gasteiger charge is -2.06. The Kier molecular flexibility index (Phi) is 2.67. The van der Waals surface area contributed by atoms with Crippen LogP contribution < -0.4 is 10.9 Å². The van der Waals surface area contributed by atoms with Gasteiger partial charge in [0.05, 0.1) is 0 Å². The molecule has 0 aliphatic heterocycles. The van der Waals surface area contributed by atoms with Crippen LogP contribution in [-0.4, -0.2) is 22.2 Å². The zero-order valence-electron chi connectivity index (χ0n) is 6.67. The van der Waals surface area contributed by atoms with Gasteiger partial charge in [0, 0.05) is 17.7 Å². The van der Waals surface area contributed by atoms with Crippen molar-refractivity contribution in [2.45, 2.75) is 6.18 Å². The molecule has 14 heavy (non-hydrogen) atoms. The van der Waals surface area contributed by atoms with E-state index < -0.39 is 29.9 Å². The van der Waals surface area contributed by atoms with Crippen molar-refractivity contribution in [3.8, 4) is 0 Å². The molecule has 0 amide bonds. The number of rotatable bonds is 1. The molecule has 3 N–H and O–H groups in total. The molecule has 0 aromatic carbocycles.